The Kier molecular flexibility index (Phi) is 6.57. The largest absolute Gasteiger partial charge is 0.378 e. The minimum Gasteiger partial charge on any atom is -0.378 e. The van der Waals surface area contributed by atoms with Crippen LogP contribution in [0.4, 0.5) is 11.4 Å². The zero-order valence-corrected chi connectivity index (χ0v) is 20.8. The lowest BCUT2D eigenvalue weighted by Gasteiger charge is -2.29. The zero-order chi connectivity index (χ0) is 25.2. The molecule has 36 heavy (non-hydrogen) atoms. The maximum Gasteiger partial charge on any atom is 0.275 e. The maximum absolute atomic E-state index is 13.4. The van der Waals surface area contributed by atoms with Crippen molar-refractivity contribution in [1.82, 2.24) is 9.78 Å². The average molecular weight is 483 g/mol. The number of nitrogens with zero attached hydrogens (tertiary/aromatic N) is 3. The van der Waals surface area contributed by atoms with Gasteiger partial charge in [-0.1, -0.05) is 35.9 Å². The number of aryl methyl sites for hydroxylation is 2. The van der Waals surface area contributed by atoms with E-state index in [-0.39, 0.29) is 11.5 Å². The number of carbonyl (C=O) groups is 1. The van der Waals surface area contributed by atoms with Crippen LogP contribution in [0.15, 0.2) is 71.5 Å². The van der Waals surface area contributed by atoms with Gasteiger partial charge in [-0.2, -0.15) is 5.10 Å². The Hall–Kier alpha value is -3.97. The number of carbonyl (C=O) groups excluding carboxylic acids is 1. The normalized spacial score (nSPS) is 14.6. The topological polar surface area (TPSA) is 76.5 Å². The number of hydrogen-bond acceptors (Lipinski definition) is 5. The molecule has 1 atom stereocenters. The summed E-state index contributed by atoms with van der Waals surface area (Å²) in [5.74, 6) is -0.300. The minimum atomic E-state index is -0.801. The van der Waals surface area contributed by atoms with Crippen LogP contribution in [-0.2, 0) is 9.53 Å². The molecule has 7 heteroatoms. The third kappa shape index (κ3) is 4.62. The summed E-state index contributed by atoms with van der Waals surface area (Å²) in [7, 11) is 0. The molecule has 0 spiro atoms. The fraction of sp³-hybridized carbons (Fsp3) is 0.276. The van der Waals surface area contributed by atoms with Gasteiger partial charge in [-0.25, -0.2) is 4.68 Å². The van der Waals surface area contributed by atoms with Gasteiger partial charge in [-0.15, -0.1) is 0 Å². The van der Waals surface area contributed by atoms with E-state index in [4.69, 9.17) is 9.84 Å². The van der Waals surface area contributed by atoms with E-state index in [0.717, 1.165) is 40.9 Å². The summed E-state index contributed by atoms with van der Waals surface area (Å²) in [6.45, 7) is 8.89. The van der Waals surface area contributed by atoms with Crippen LogP contribution < -0.4 is 15.8 Å². The Morgan fingerprint density at radius 3 is 2.39 bits per heavy atom. The number of amides is 1. The van der Waals surface area contributed by atoms with Gasteiger partial charge in [-0.05, 0) is 62.7 Å². The highest BCUT2D eigenvalue weighted by Crippen LogP contribution is 2.29. The van der Waals surface area contributed by atoms with E-state index in [2.05, 4.69) is 22.3 Å². The molecule has 1 N–H and O–H groups in total. The van der Waals surface area contributed by atoms with E-state index in [1.165, 1.54) is 4.68 Å². The Labute approximate surface area is 210 Å². The van der Waals surface area contributed by atoms with Gasteiger partial charge in [0.25, 0.3) is 5.56 Å². The highest BCUT2D eigenvalue weighted by Gasteiger charge is 2.22. The van der Waals surface area contributed by atoms with E-state index < -0.39 is 6.04 Å². The van der Waals surface area contributed by atoms with Crippen molar-refractivity contribution in [2.24, 2.45) is 0 Å². The number of hydrogen-bond donors (Lipinski definition) is 1. The fourth-order valence-electron chi connectivity index (χ4n) is 4.59. The van der Waals surface area contributed by atoms with Crippen LogP contribution in [0.5, 0.6) is 0 Å². The molecule has 3 aromatic carbocycles. The van der Waals surface area contributed by atoms with E-state index in [1.807, 2.05) is 62.4 Å². The lowest BCUT2D eigenvalue weighted by Crippen LogP contribution is -2.36. The number of aromatic nitrogens is 2. The summed E-state index contributed by atoms with van der Waals surface area (Å²) in [5, 5.41) is 9.00. The van der Waals surface area contributed by atoms with Gasteiger partial charge < -0.3 is 15.0 Å². The van der Waals surface area contributed by atoms with Gasteiger partial charge in [-0.3, -0.25) is 9.59 Å². The van der Waals surface area contributed by atoms with Crippen LogP contribution in [0.25, 0.3) is 22.0 Å². The molecule has 0 radical (unpaired) electrons. The second-order valence-corrected chi connectivity index (χ2v) is 9.27. The second kappa shape index (κ2) is 9.95. The molecule has 5 rings (SSSR count). The maximum atomic E-state index is 13.4. The Morgan fingerprint density at radius 1 is 0.972 bits per heavy atom. The Balaban J connectivity index is 1.46. The summed E-state index contributed by atoms with van der Waals surface area (Å²) in [6.07, 6.45) is 0. The standard InChI is InChI=1S/C29H30N4O3/c1-19-8-9-20(2)26(18-19)27-24-6-4-5-7-25(24)29(35)33(31-27)21(3)28(34)30-22-10-12-23(13-11-22)32-14-16-36-17-15-32/h4-13,18,21H,14-17H2,1-3H3,(H,30,34). The first kappa shape index (κ1) is 23.8. The highest BCUT2D eigenvalue weighted by atomic mass is 16.5. The van der Waals surface area contributed by atoms with Crippen molar-refractivity contribution >= 4 is 28.1 Å². The van der Waals surface area contributed by atoms with Crippen molar-refractivity contribution in [1.29, 1.82) is 0 Å². The van der Waals surface area contributed by atoms with E-state index in [0.29, 0.717) is 30.0 Å². The van der Waals surface area contributed by atoms with E-state index in [1.54, 1.807) is 13.0 Å². The summed E-state index contributed by atoms with van der Waals surface area (Å²) in [6, 6.07) is 20.6. The zero-order valence-electron chi connectivity index (χ0n) is 20.8. The van der Waals surface area contributed by atoms with Gasteiger partial charge in [0, 0.05) is 35.4 Å². The van der Waals surface area contributed by atoms with Crippen molar-refractivity contribution < 1.29 is 9.53 Å². The molecule has 1 saturated heterocycles. The SMILES string of the molecule is Cc1ccc(C)c(-c2nn(C(C)C(=O)Nc3ccc(N4CCOCC4)cc3)c(=O)c3ccccc23)c1. The van der Waals surface area contributed by atoms with Crippen LogP contribution in [-0.4, -0.2) is 42.0 Å². The van der Waals surface area contributed by atoms with Crippen LogP contribution in [0, 0.1) is 13.8 Å². The first-order valence-corrected chi connectivity index (χ1v) is 12.2. The number of fused-ring (bicyclic) bond motifs is 1. The van der Waals surface area contributed by atoms with Crippen molar-refractivity contribution in [3.63, 3.8) is 0 Å². The Bertz CT molecular complexity index is 1470. The molecule has 7 nitrogen and oxygen atoms in total. The quantitative estimate of drug-likeness (QED) is 0.446. The molecule has 1 aliphatic heterocycles. The van der Waals surface area contributed by atoms with Crippen molar-refractivity contribution in [2.75, 3.05) is 36.5 Å². The Morgan fingerprint density at radius 2 is 1.67 bits per heavy atom. The number of anilines is 2. The van der Waals surface area contributed by atoms with Gasteiger partial charge in [0.2, 0.25) is 5.91 Å². The highest BCUT2D eigenvalue weighted by molar-refractivity contribution is 5.96. The first-order valence-electron chi connectivity index (χ1n) is 12.2. The summed E-state index contributed by atoms with van der Waals surface area (Å²) in [4.78, 5) is 28.9. The van der Waals surface area contributed by atoms with Crippen molar-refractivity contribution in [2.45, 2.75) is 26.8 Å². The average Bonchev–Trinajstić information content (AvgIpc) is 2.91. The molecule has 0 aliphatic carbocycles. The molecular formula is C29H30N4O3. The van der Waals surface area contributed by atoms with Crippen molar-refractivity contribution in [3.05, 3.63) is 88.2 Å². The molecule has 1 aromatic heterocycles. The lowest BCUT2D eigenvalue weighted by molar-refractivity contribution is -0.119. The number of ether oxygens (including phenoxy) is 1. The predicted molar refractivity (Wildman–Crippen MR) is 144 cm³/mol. The molecule has 1 aliphatic rings. The van der Waals surface area contributed by atoms with E-state index in [9.17, 15) is 9.59 Å². The number of benzene rings is 3. The van der Waals surface area contributed by atoms with Crippen LogP contribution in [0.1, 0.15) is 24.1 Å². The monoisotopic (exact) mass is 482 g/mol. The minimum absolute atomic E-state index is 0.287. The summed E-state index contributed by atoms with van der Waals surface area (Å²) >= 11 is 0. The van der Waals surface area contributed by atoms with E-state index >= 15 is 0 Å². The van der Waals surface area contributed by atoms with Crippen LogP contribution in [0.2, 0.25) is 0 Å². The van der Waals surface area contributed by atoms with Crippen LogP contribution in [0.3, 0.4) is 0 Å². The van der Waals surface area contributed by atoms with Gasteiger partial charge >= 0.3 is 0 Å². The molecule has 1 amide bonds. The molecule has 1 fully saturated rings. The van der Waals surface area contributed by atoms with Crippen LogP contribution >= 0.6 is 0 Å². The van der Waals surface area contributed by atoms with Gasteiger partial charge in [0.15, 0.2) is 0 Å². The number of nitrogens with one attached hydrogen (secondary N) is 1. The predicted octanol–water partition coefficient (Wildman–Crippen LogP) is 4.72. The number of morpholine rings is 1. The van der Waals surface area contributed by atoms with Gasteiger partial charge in [0.05, 0.1) is 24.3 Å². The first-order chi connectivity index (χ1) is 17.4. The summed E-state index contributed by atoms with van der Waals surface area (Å²) < 4.78 is 6.72. The molecule has 2 heterocycles. The molecule has 4 aromatic rings. The summed E-state index contributed by atoms with van der Waals surface area (Å²) in [5.41, 5.74) is 5.28. The molecule has 1 unspecified atom stereocenters. The third-order valence-corrected chi connectivity index (χ3v) is 6.73. The lowest BCUT2D eigenvalue weighted by atomic mass is 9.99. The van der Waals surface area contributed by atoms with Crippen molar-refractivity contribution in [3.8, 4) is 11.3 Å². The third-order valence-electron chi connectivity index (χ3n) is 6.73. The smallest absolute Gasteiger partial charge is 0.275 e. The number of rotatable bonds is 5. The molecule has 0 saturated carbocycles. The molecular weight excluding hydrogens is 452 g/mol. The molecule has 0 bridgehead atoms. The van der Waals surface area contributed by atoms with Gasteiger partial charge in [0.1, 0.15) is 6.04 Å². The molecule has 184 valence electrons. The second-order valence-electron chi connectivity index (χ2n) is 9.27. The fourth-order valence-corrected chi connectivity index (χ4v) is 4.59.